The maximum absolute atomic E-state index is 10.7. The van der Waals surface area contributed by atoms with Crippen molar-refractivity contribution in [2.45, 2.75) is 45.6 Å². The summed E-state index contributed by atoms with van der Waals surface area (Å²) in [5.74, 6) is 0.843. The van der Waals surface area contributed by atoms with E-state index in [2.05, 4.69) is 12.0 Å². The second-order valence-electron chi connectivity index (χ2n) is 4.44. The average Bonchev–Trinajstić information content (AvgIpc) is 2.75. The SMILES string of the molecule is CCCn1cc(OCCCCCCS(=O)(=O)Cl)cn1. The lowest BCUT2D eigenvalue weighted by molar-refractivity contribution is 0.304. The van der Waals surface area contributed by atoms with Gasteiger partial charge in [0, 0.05) is 17.2 Å². The van der Waals surface area contributed by atoms with Gasteiger partial charge in [-0.15, -0.1) is 0 Å². The molecule has 0 aliphatic rings. The highest BCUT2D eigenvalue weighted by molar-refractivity contribution is 8.13. The number of aryl methyl sites for hydroxylation is 1. The fourth-order valence-corrected chi connectivity index (χ4v) is 2.57. The lowest BCUT2D eigenvalue weighted by atomic mass is 10.2. The zero-order valence-electron chi connectivity index (χ0n) is 11.2. The van der Waals surface area contributed by atoms with Crippen LogP contribution < -0.4 is 4.74 Å². The van der Waals surface area contributed by atoms with Crippen molar-refractivity contribution in [3.05, 3.63) is 12.4 Å². The Morgan fingerprint density at radius 2 is 2.05 bits per heavy atom. The van der Waals surface area contributed by atoms with Crippen molar-refractivity contribution in [2.75, 3.05) is 12.4 Å². The molecule has 0 radical (unpaired) electrons. The number of hydrogen-bond acceptors (Lipinski definition) is 4. The van der Waals surface area contributed by atoms with Crippen molar-refractivity contribution in [1.29, 1.82) is 0 Å². The normalized spacial score (nSPS) is 11.7. The fourth-order valence-electron chi connectivity index (χ4n) is 1.69. The minimum atomic E-state index is -3.33. The van der Waals surface area contributed by atoms with Crippen molar-refractivity contribution in [2.24, 2.45) is 0 Å². The molecule has 0 spiro atoms. The van der Waals surface area contributed by atoms with E-state index in [0.717, 1.165) is 38.0 Å². The Hall–Kier alpha value is -0.750. The number of hydrogen-bond donors (Lipinski definition) is 0. The Morgan fingerprint density at radius 3 is 2.74 bits per heavy atom. The molecular weight excluding hydrogens is 288 g/mol. The molecule has 0 atom stereocenters. The summed E-state index contributed by atoms with van der Waals surface area (Å²) in [6, 6.07) is 0. The first-order valence-corrected chi connectivity index (χ1v) is 9.06. The fraction of sp³-hybridized carbons (Fsp3) is 0.750. The second kappa shape index (κ2) is 8.43. The van der Waals surface area contributed by atoms with Crippen LogP contribution in [0, 0.1) is 0 Å². The number of halogens is 1. The first-order valence-electron chi connectivity index (χ1n) is 6.59. The zero-order chi connectivity index (χ0) is 14.1. The van der Waals surface area contributed by atoms with Crippen LogP contribution in [-0.4, -0.2) is 30.6 Å². The van der Waals surface area contributed by atoms with Crippen LogP contribution in [0.2, 0.25) is 0 Å². The molecule has 1 heterocycles. The van der Waals surface area contributed by atoms with E-state index >= 15 is 0 Å². The van der Waals surface area contributed by atoms with Crippen LogP contribution in [0.15, 0.2) is 12.4 Å². The standard InChI is InChI=1S/C12H21ClN2O3S/c1-2-7-15-11-12(10-14-15)18-8-5-3-4-6-9-19(13,16)17/h10-11H,2-9H2,1H3. The largest absolute Gasteiger partial charge is 0.490 e. The third-order valence-electron chi connectivity index (χ3n) is 2.61. The van der Waals surface area contributed by atoms with Crippen molar-refractivity contribution in [3.8, 4) is 5.75 Å². The number of nitrogens with zero attached hydrogens (tertiary/aromatic N) is 2. The third-order valence-corrected chi connectivity index (χ3v) is 3.85. The van der Waals surface area contributed by atoms with E-state index < -0.39 is 9.05 Å². The van der Waals surface area contributed by atoms with Gasteiger partial charge in [0.2, 0.25) is 9.05 Å². The van der Waals surface area contributed by atoms with Crippen molar-refractivity contribution in [3.63, 3.8) is 0 Å². The molecule has 7 heteroatoms. The van der Waals surface area contributed by atoms with Crippen LogP contribution in [0.25, 0.3) is 0 Å². The molecule has 0 fully saturated rings. The third kappa shape index (κ3) is 8.10. The number of rotatable bonds is 10. The summed E-state index contributed by atoms with van der Waals surface area (Å²) in [5.41, 5.74) is 0. The molecule has 110 valence electrons. The van der Waals surface area contributed by atoms with E-state index in [9.17, 15) is 8.42 Å². The Morgan fingerprint density at radius 1 is 1.32 bits per heavy atom. The van der Waals surface area contributed by atoms with E-state index in [1.807, 2.05) is 10.9 Å². The van der Waals surface area contributed by atoms with Gasteiger partial charge in [0.1, 0.15) is 0 Å². The molecule has 0 saturated carbocycles. The lowest BCUT2D eigenvalue weighted by Crippen LogP contribution is -1.99. The van der Waals surface area contributed by atoms with Gasteiger partial charge in [-0.1, -0.05) is 19.8 Å². The molecular formula is C12H21ClN2O3S. The number of aromatic nitrogens is 2. The van der Waals surface area contributed by atoms with Gasteiger partial charge in [-0.05, 0) is 19.3 Å². The van der Waals surface area contributed by atoms with Crippen LogP contribution in [0.5, 0.6) is 5.75 Å². The molecule has 0 amide bonds. The van der Waals surface area contributed by atoms with Crippen molar-refractivity contribution >= 4 is 19.7 Å². The predicted molar refractivity (Wildman–Crippen MR) is 76.1 cm³/mol. The van der Waals surface area contributed by atoms with E-state index in [-0.39, 0.29) is 5.75 Å². The van der Waals surface area contributed by atoms with Crippen LogP contribution in [0.4, 0.5) is 0 Å². The molecule has 1 rings (SSSR count). The van der Waals surface area contributed by atoms with E-state index in [0.29, 0.717) is 13.0 Å². The monoisotopic (exact) mass is 308 g/mol. The molecule has 19 heavy (non-hydrogen) atoms. The highest BCUT2D eigenvalue weighted by atomic mass is 35.7. The molecule has 0 N–H and O–H groups in total. The summed E-state index contributed by atoms with van der Waals surface area (Å²) in [7, 11) is 1.79. The number of unbranched alkanes of at least 4 members (excludes halogenated alkanes) is 3. The molecule has 0 saturated heterocycles. The Kier molecular flexibility index (Phi) is 7.23. The van der Waals surface area contributed by atoms with E-state index in [1.54, 1.807) is 6.20 Å². The van der Waals surface area contributed by atoms with Gasteiger partial charge in [0.05, 0.1) is 24.8 Å². The van der Waals surface area contributed by atoms with Gasteiger partial charge in [-0.25, -0.2) is 8.42 Å². The maximum Gasteiger partial charge on any atom is 0.232 e. The van der Waals surface area contributed by atoms with Crippen molar-refractivity contribution < 1.29 is 13.2 Å². The summed E-state index contributed by atoms with van der Waals surface area (Å²) in [4.78, 5) is 0. The maximum atomic E-state index is 10.7. The molecule has 0 aliphatic heterocycles. The summed E-state index contributed by atoms with van der Waals surface area (Å²) < 4.78 is 28.8. The van der Waals surface area contributed by atoms with Gasteiger partial charge >= 0.3 is 0 Å². The highest BCUT2D eigenvalue weighted by Crippen LogP contribution is 2.10. The first kappa shape index (κ1) is 16.3. The minimum absolute atomic E-state index is 0.0548. The molecule has 1 aromatic heterocycles. The molecule has 0 aromatic carbocycles. The van der Waals surface area contributed by atoms with Crippen LogP contribution in [-0.2, 0) is 15.6 Å². The van der Waals surface area contributed by atoms with Crippen LogP contribution in [0.1, 0.15) is 39.0 Å². The quantitative estimate of drug-likeness (QED) is 0.492. The summed E-state index contributed by atoms with van der Waals surface area (Å²) >= 11 is 0. The van der Waals surface area contributed by atoms with Gasteiger partial charge in [0.25, 0.3) is 0 Å². The average molecular weight is 309 g/mol. The van der Waals surface area contributed by atoms with Gasteiger partial charge in [-0.2, -0.15) is 5.10 Å². The summed E-state index contributed by atoms with van der Waals surface area (Å²) in [6.45, 7) is 3.63. The topological polar surface area (TPSA) is 61.2 Å². The van der Waals surface area contributed by atoms with Crippen LogP contribution in [0.3, 0.4) is 0 Å². The number of ether oxygens (including phenoxy) is 1. The van der Waals surface area contributed by atoms with E-state index in [1.165, 1.54) is 0 Å². The second-order valence-corrected chi connectivity index (χ2v) is 7.34. The molecule has 5 nitrogen and oxygen atoms in total. The summed E-state index contributed by atoms with van der Waals surface area (Å²) in [6.07, 6.45) is 7.96. The van der Waals surface area contributed by atoms with Gasteiger partial charge < -0.3 is 4.74 Å². The summed E-state index contributed by atoms with van der Waals surface area (Å²) in [5, 5.41) is 4.17. The van der Waals surface area contributed by atoms with Crippen molar-refractivity contribution in [1.82, 2.24) is 9.78 Å². The Bertz CT molecular complexity index is 459. The first-order chi connectivity index (χ1) is 9.01. The smallest absolute Gasteiger partial charge is 0.232 e. The molecule has 0 bridgehead atoms. The Labute approximate surface area is 119 Å². The van der Waals surface area contributed by atoms with Crippen LogP contribution >= 0.6 is 10.7 Å². The predicted octanol–water partition coefficient (Wildman–Crippen LogP) is 2.80. The lowest BCUT2D eigenvalue weighted by Gasteiger charge is -2.03. The van der Waals surface area contributed by atoms with Gasteiger partial charge in [-0.3, -0.25) is 4.68 Å². The zero-order valence-corrected chi connectivity index (χ0v) is 12.8. The molecule has 1 aromatic rings. The Balaban J connectivity index is 2.04. The van der Waals surface area contributed by atoms with Gasteiger partial charge in [0.15, 0.2) is 5.75 Å². The van der Waals surface area contributed by atoms with E-state index in [4.69, 9.17) is 15.4 Å². The molecule has 0 aliphatic carbocycles. The minimum Gasteiger partial charge on any atom is -0.490 e. The molecule has 0 unspecified atom stereocenters. The highest BCUT2D eigenvalue weighted by Gasteiger charge is 2.04.